The van der Waals surface area contributed by atoms with Crippen molar-refractivity contribution >= 4 is 5.69 Å². The minimum absolute atomic E-state index is 0.758. The molecule has 1 nitrogen and oxygen atoms in total. The van der Waals surface area contributed by atoms with Gasteiger partial charge in [-0.15, -0.1) is 0 Å². The van der Waals surface area contributed by atoms with E-state index in [2.05, 4.69) is 18.4 Å². The highest BCUT2D eigenvalue weighted by Crippen LogP contribution is 2.03. The number of anilines is 1. The lowest BCUT2D eigenvalue weighted by molar-refractivity contribution is 1.63. The van der Waals surface area contributed by atoms with Gasteiger partial charge in [0.15, 0.2) is 0 Å². The molecule has 0 bridgehead atoms. The number of rotatable bonds is 0. The highest BCUT2D eigenvalue weighted by atomic mass is 14.5. The van der Waals surface area contributed by atoms with Crippen molar-refractivity contribution in [2.45, 2.75) is 0 Å². The van der Waals surface area contributed by atoms with Gasteiger partial charge in [-0.3, -0.25) is 0 Å². The van der Waals surface area contributed by atoms with Crippen molar-refractivity contribution in [1.29, 1.82) is 0 Å². The molecule has 0 spiro atoms. The second-order valence-electron chi connectivity index (χ2n) is 2.10. The van der Waals surface area contributed by atoms with E-state index in [0.29, 0.717) is 0 Å². The Bertz CT molecular complexity index is 298. The Balaban J connectivity index is 2.90. The highest BCUT2D eigenvalue weighted by Gasteiger charge is 1.84. The minimum atomic E-state index is 0.758. The van der Waals surface area contributed by atoms with Crippen LogP contribution in [0.2, 0.25) is 0 Å². The van der Waals surface area contributed by atoms with E-state index in [4.69, 9.17) is 5.73 Å². The predicted octanol–water partition coefficient (Wildman–Crippen LogP) is 1.81. The van der Waals surface area contributed by atoms with Gasteiger partial charge in [0.2, 0.25) is 0 Å². The second kappa shape index (κ2) is 3.48. The maximum absolute atomic E-state index is 5.49. The summed E-state index contributed by atoms with van der Waals surface area (Å²) >= 11 is 0. The van der Waals surface area contributed by atoms with E-state index in [1.807, 2.05) is 24.3 Å². The van der Waals surface area contributed by atoms with Gasteiger partial charge >= 0.3 is 0 Å². The van der Waals surface area contributed by atoms with E-state index in [9.17, 15) is 0 Å². The molecule has 1 rings (SSSR count). The molecule has 0 radical (unpaired) electrons. The van der Waals surface area contributed by atoms with Crippen LogP contribution in [0.1, 0.15) is 5.56 Å². The molecule has 0 unspecified atom stereocenters. The molecule has 0 aliphatic carbocycles. The lowest BCUT2D eigenvalue weighted by Gasteiger charge is -1.90. The largest absolute Gasteiger partial charge is 0.399 e. The molecular formula is C10H9N. The molecule has 0 fully saturated rings. The molecule has 1 heteroatoms. The van der Waals surface area contributed by atoms with Crippen LogP contribution in [0.4, 0.5) is 5.69 Å². The summed E-state index contributed by atoms with van der Waals surface area (Å²) in [5.74, 6) is 5.65. The third-order valence-corrected chi connectivity index (χ3v) is 1.23. The van der Waals surface area contributed by atoms with E-state index >= 15 is 0 Å². The first-order chi connectivity index (χ1) is 5.33. The first-order valence-corrected chi connectivity index (χ1v) is 3.31. The van der Waals surface area contributed by atoms with Gasteiger partial charge in [-0.1, -0.05) is 18.4 Å². The average molecular weight is 143 g/mol. The molecular weight excluding hydrogens is 134 g/mol. The van der Waals surface area contributed by atoms with E-state index < -0.39 is 0 Å². The molecule has 0 amide bonds. The molecule has 0 saturated carbocycles. The van der Waals surface area contributed by atoms with Gasteiger partial charge in [0.25, 0.3) is 0 Å². The van der Waals surface area contributed by atoms with Gasteiger partial charge in [-0.25, -0.2) is 0 Å². The molecule has 0 heterocycles. The molecule has 1 aromatic carbocycles. The topological polar surface area (TPSA) is 26.0 Å². The van der Waals surface area contributed by atoms with Crippen molar-refractivity contribution in [1.82, 2.24) is 0 Å². The van der Waals surface area contributed by atoms with Gasteiger partial charge in [-0.2, -0.15) is 0 Å². The molecule has 0 atom stereocenters. The Kier molecular flexibility index (Phi) is 2.35. The summed E-state index contributed by atoms with van der Waals surface area (Å²) in [7, 11) is 0. The molecule has 1 aromatic rings. The normalized spacial score (nSPS) is 8.00. The lowest BCUT2D eigenvalue weighted by Crippen LogP contribution is -1.82. The summed E-state index contributed by atoms with van der Waals surface area (Å²) in [6.45, 7) is 3.49. The standard InChI is InChI=1S/C10H9N/c1-2-3-4-9-5-7-10(11)8-6-9/h2,5-8H,1,11H2. The van der Waals surface area contributed by atoms with Crippen LogP contribution in [0.5, 0.6) is 0 Å². The maximum atomic E-state index is 5.49. The van der Waals surface area contributed by atoms with E-state index in [0.717, 1.165) is 11.3 Å². The summed E-state index contributed by atoms with van der Waals surface area (Å²) in [5.41, 5.74) is 7.20. The van der Waals surface area contributed by atoms with Crippen LogP contribution in [0.15, 0.2) is 36.9 Å². The number of nitrogens with two attached hydrogens (primary N) is 1. The van der Waals surface area contributed by atoms with Crippen LogP contribution in [0.3, 0.4) is 0 Å². The third kappa shape index (κ3) is 2.19. The Morgan fingerprint density at radius 3 is 2.45 bits per heavy atom. The number of hydrogen-bond donors (Lipinski definition) is 1. The van der Waals surface area contributed by atoms with Crippen LogP contribution in [0, 0.1) is 11.8 Å². The van der Waals surface area contributed by atoms with Gasteiger partial charge < -0.3 is 5.73 Å². The van der Waals surface area contributed by atoms with E-state index in [1.54, 1.807) is 6.08 Å². The van der Waals surface area contributed by atoms with Gasteiger partial charge in [0.1, 0.15) is 0 Å². The summed E-state index contributed by atoms with van der Waals surface area (Å²) in [5, 5.41) is 0. The zero-order valence-electron chi connectivity index (χ0n) is 6.17. The van der Waals surface area contributed by atoms with Crippen molar-refractivity contribution in [2.75, 3.05) is 5.73 Å². The Labute approximate surface area is 66.5 Å². The van der Waals surface area contributed by atoms with E-state index in [-0.39, 0.29) is 0 Å². The van der Waals surface area contributed by atoms with Crippen LogP contribution in [0.25, 0.3) is 0 Å². The zero-order valence-corrected chi connectivity index (χ0v) is 6.17. The fourth-order valence-corrected chi connectivity index (χ4v) is 0.701. The van der Waals surface area contributed by atoms with Gasteiger partial charge in [-0.05, 0) is 30.3 Å². The SMILES string of the molecule is C=CC#Cc1ccc(N)cc1. The lowest BCUT2D eigenvalue weighted by atomic mass is 10.2. The van der Waals surface area contributed by atoms with Crippen LogP contribution >= 0.6 is 0 Å². The Morgan fingerprint density at radius 2 is 1.91 bits per heavy atom. The number of hydrogen-bond acceptors (Lipinski definition) is 1. The van der Waals surface area contributed by atoms with Crippen molar-refractivity contribution in [3.63, 3.8) is 0 Å². The quantitative estimate of drug-likeness (QED) is 0.435. The summed E-state index contributed by atoms with van der Waals surface area (Å²) < 4.78 is 0. The van der Waals surface area contributed by atoms with Gasteiger partial charge in [0, 0.05) is 11.3 Å². The fraction of sp³-hybridized carbons (Fsp3) is 0. The monoisotopic (exact) mass is 143 g/mol. The Hall–Kier alpha value is -1.68. The highest BCUT2D eigenvalue weighted by molar-refractivity contribution is 5.45. The molecule has 2 N–H and O–H groups in total. The van der Waals surface area contributed by atoms with E-state index in [1.165, 1.54) is 0 Å². The second-order valence-corrected chi connectivity index (χ2v) is 2.10. The number of allylic oxidation sites excluding steroid dienone is 1. The number of benzene rings is 1. The molecule has 11 heavy (non-hydrogen) atoms. The smallest absolute Gasteiger partial charge is 0.0314 e. The summed E-state index contributed by atoms with van der Waals surface area (Å²) in [4.78, 5) is 0. The molecule has 0 saturated heterocycles. The first kappa shape index (κ1) is 7.43. The fourth-order valence-electron chi connectivity index (χ4n) is 0.701. The third-order valence-electron chi connectivity index (χ3n) is 1.23. The van der Waals surface area contributed by atoms with Gasteiger partial charge in [0.05, 0.1) is 0 Å². The summed E-state index contributed by atoms with van der Waals surface area (Å²) in [6, 6.07) is 7.41. The van der Waals surface area contributed by atoms with Crippen molar-refractivity contribution in [3.05, 3.63) is 42.5 Å². The molecule has 0 aromatic heterocycles. The first-order valence-electron chi connectivity index (χ1n) is 3.31. The van der Waals surface area contributed by atoms with Crippen molar-refractivity contribution in [2.24, 2.45) is 0 Å². The average Bonchev–Trinajstić information content (AvgIpc) is 2.04. The maximum Gasteiger partial charge on any atom is 0.0314 e. The van der Waals surface area contributed by atoms with Crippen LogP contribution in [-0.4, -0.2) is 0 Å². The zero-order chi connectivity index (χ0) is 8.10. The molecule has 0 aliphatic heterocycles. The van der Waals surface area contributed by atoms with Crippen molar-refractivity contribution in [3.8, 4) is 11.8 Å². The molecule has 0 aliphatic rings. The predicted molar refractivity (Wildman–Crippen MR) is 47.9 cm³/mol. The summed E-state index contributed by atoms with van der Waals surface area (Å²) in [6.07, 6.45) is 1.57. The minimum Gasteiger partial charge on any atom is -0.399 e. The molecule has 54 valence electrons. The number of nitrogen functional groups attached to an aromatic ring is 1. The Morgan fingerprint density at radius 1 is 1.27 bits per heavy atom. The van der Waals surface area contributed by atoms with Crippen LogP contribution < -0.4 is 5.73 Å². The van der Waals surface area contributed by atoms with Crippen molar-refractivity contribution < 1.29 is 0 Å². The van der Waals surface area contributed by atoms with Crippen LogP contribution in [-0.2, 0) is 0 Å².